The standard InChI is InChI=1S/C20H21N3OS/c24-14-9-4-8-13-16(14)17(15-10-5-11-25-15)18-19(22-23-20(18)21-13)12-6-2-1-3-7-12/h1-3,5-7,10-11,17-23H,4,8-9H2. The fourth-order valence-electron chi connectivity index (χ4n) is 4.60. The largest absolute Gasteiger partial charge is 0.371 e. The maximum absolute atomic E-state index is 12.8. The Labute approximate surface area is 151 Å². The highest BCUT2D eigenvalue weighted by molar-refractivity contribution is 7.10. The van der Waals surface area contributed by atoms with Gasteiger partial charge in [-0.25, -0.2) is 10.9 Å². The van der Waals surface area contributed by atoms with Crippen LogP contribution in [0.4, 0.5) is 0 Å². The third-order valence-electron chi connectivity index (χ3n) is 5.65. The average molecular weight is 351 g/mol. The van der Waals surface area contributed by atoms with E-state index in [0.717, 1.165) is 24.1 Å². The minimum absolute atomic E-state index is 0.141. The molecule has 1 fully saturated rings. The van der Waals surface area contributed by atoms with E-state index in [0.29, 0.717) is 12.2 Å². The van der Waals surface area contributed by atoms with Gasteiger partial charge in [-0.05, 0) is 29.9 Å². The molecule has 3 aliphatic rings. The average Bonchev–Trinajstić information content (AvgIpc) is 3.31. The summed E-state index contributed by atoms with van der Waals surface area (Å²) in [5, 5.41) is 5.75. The summed E-state index contributed by atoms with van der Waals surface area (Å²) in [6.07, 6.45) is 2.75. The Balaban J connectivity index is 1.64. The second-order valence-electron chi connectivity index (χ2n) is 7.04. The van der Waals surface area contributed by atoms with Crippen LogP contribution < -0.4 is 16.2 Å². The molecular weight excluding hydrogens is 330 g/mol. The van der Waals surface area contributed by atoms with Crippen molar-refractivity contribution in [3.8, 4) is 0 Å². The van der Waals surface area contributed by atoms with Gasteiger partial charge in [-0.15, -0.1) is 11.3 Å². The van der Waals surface area contributed by atoms with Crippen molar-refractivity contribution in [2.75, 3.05) is 0 Å². The summed E-state index contributed by atoms with van der Waals surface area (Å²) >= 11 is 1.76. The molecule has 0 radical (unpaired) electrons. The topological polar surface area (TPSA) is 53.2 Å². The number of carbonyl (C=O) groups is 1. The summed E-state index contributed by atoms with van der Waals surface area (Å²) in [4.78, 5) is 14.1. The molecule has 3 heterocycles. The molecule has 2 aromatic rings. The number of hydrogen-bond donors (Lipinski definition) is 3. The molecule has 1 aromatic heterocycles. The van der Waals surface area contributed by atoms with Crippen LogP contribution in [0.15, 0.2) is 59.1 Å². The number of carbonyl (C=O) groups excluding carboxylic acids is 1. The van der Waals surface area contributed by atoms with Gasteiger partial charge in [0.15, 0.2) is 5.78 Å². The molecule has 3 N–H and O–H groups in total. The van der Waals surface area contributed by atoms with Gasteiger partial charge in [0.25, 0.3) is 0 Å². The highest BCUT2D eigenvalue weighted by atomic mass is 32.1. The molecule has 128 valence electrons. The zero-order valence-electron chi connectivity index (χ0n) is 13.9. The molecule has 0 saturated carbocycles. The minimum Gasteiger partial charge on any atom is -0.371 e. The first-order valence-electron chi connectivity index (χ1n) is 8.95. The highest BCUT2D eigenvalue weighted by Gasteiger charge is 2.49. The van der Waals surface area contributed by atoms with Crippen molar-refractivity contribution in [1.29, 1.82) is 0 Å². The van der Waals surface area contributed by atoms with Gasteiger partial charge in [-0.1, -0.05) is 36.4 Å². The Morgan fingerprint density at radius 2 is 1.88 bits per heavy atom. The molecule has 4 unspecified atom stereocenters. The number of Topliss-reactive ketones (excluding diaryl/α,β-unsaturated/α-hetero) is 1. The van der Waals surface area contributed by atoms with E-state index in [1.54, 1.807) is 11.3 Å². The number of thiophene rings is 1. The van der Waals surface area contributed by atoms with Crippen LogP contribution in [-0.4, -0.2) is 11.9 Å². The number of hydrogen-bond acceptors (Lipinski definition) is 5. The van der Waals surface area contributed by atoms with Gasteiger partial charge >= 0.3 is 0 Å². The lowest BCUT2D eigenvalue weighted by Gasteiger charge is -2.40. The van der Waals surface area contributed by atoms with Crippen LogP contribution in [0, 0.1) is 5.92 Å². The zero-order chi connectivity index (χ0) is 16.8. The quantitative estimate of drug-likeness (QED) is 0.778. The fourth-order valence-corrected chi connectivity index (χ4v) is 5.50. The van der Waals surface area contributed by atoms with Crippen molar-refractivity contribution in [1.82, 2.24) is 16.2 Å². The third-order valence-corrected chi connectivity index (χ3v) is 6.61. The van der Waals surface area contributed by atoms with E-state index >= 15 is 0 Å². The van der Waals surface area contributed by atoms with Crippen LogP contribution in [0.5, 0.6) is 0 Å². The summed E-state index contributed by atoms with van der Waals surface area (Å²) in [6, 6.07) is 15.0. The molecule has 1 aliphatic carbocycles. The molecule has 0 spiro atoms. The molecule has 25 heavy (non-hydrogen) atoms. The highest BCUT2D eigenvalue weighted by Crippen LogP contribution is 2.49. The first-order valence-corrected chi connectivity index (χ1v) is 9.83. The Hall–Kier alpha value is -1.95. The van der Waals surface area contributed by atoms with Gasteiger partial charge in [0.05, 0.1) is 12.2 Å². The number of rotatable bonds is 2. The predicted octanol–water partition coefficient (Wildman–Crippen LogP) is 3.23. The van der Waals surface area contributed by atoms with Crippen molar-refractivity contribution in [2.24, 2.45) is 5.92 Å². The summed E-state index contributed by atoms with van der Waals surface area (Å²) in [7, 11) is 0. The van der Waals surface area contributed by atoms with E-state index in [9.17, 15) is 4.79 Å². The molecule has 0 bridgehead atoms. The van der Waals surface area contributed by atoms with Crippen molar-refractivity contribution in [3.63, 3.8) is 0 Å². The van der Waals surface area contributed by atoms with Gasteiger partial charge in [0.2, 0.25) is 0 Å². The van der Waals surface area contributed by atoms with E-state index < -0.39 is 0 Å². The third kappa shape index (κ3) is 2.46. The maximum atomic E-state index is 12.8. The second-order valence-corrected chi connectivity index (χ2v) is 8.02. The number of benzene rings is 1. The number of ketones is 1. The lowest BCUT2D eigenvalue weighted by Crippen LogP contribution is -2.50. The molecule has 4 atom stereocenters. The number of nitrogens with one attached hydrogen (secondary N) is 3. The van der Waals surface area contributed by atoms with Gasteiger partial charge in [-0.3, -0.25) is 4.79 Å². The first-order chi connectivity index (χ1) is 12.3. The van der Waals surface area contributed by atoms with Crippen LogP contribution in [0.3, 0.4) is 0 Å². The van der Waals surface area contributed by atoms with Crippen LogP contribution in [0.2, 0.25) is 0 Å². The van der Waals surface area contributed by atoms with Crippen molar-refractivity contribution >= 4 is 17.1 Å². The van der Waals surface area contributed by atoms with Gasteiger partial charge in [0.1, 0.15) is 0 Å². The molecule has 1 saturated heterocycles. The SMILES string of the molecule is O=C1CCCC2=C1C(c1cccs1)C1C(NNC1c1ccccc1)N2. The first kappa shape index (κ1) is 15.3. The Morgan fingerprint density at radius 1 is 1.00 bits per heavy atom. The Bertz CT molecular complexity index is 815. The lowest BCUT2D eigenvalue weighted by atomic mass is 9.71. The van der Waals surface area contributed by atoms with Gasteiger partial charge < -0.3 is 5.32 Å². The van der Waals surface area contributed by atoms with Crippen molar-refractivity contribution < 1.29 is 4.79 Å². The molecule has 2 aliphatic heterocycles. The number of allylic oxidation sites excluding steroid dienone is 2. The normalized spacial score (nSPS) is 31.4. The minimum atomic E-state index is 0.141. The van der Waals surface area contributed by atoms with Crippen LogP contribution in [-0.2, 0) is 4.79 Å². The monoisotopic (exact) mass is 351 g/mol. The van der Waals surface area contributed by atoms with E-state index in [4.69, 9.17) is 0 Å². The Kier molecular flexibility index (Phi) is 3.73. The van der Waals surface area contributed by atoms with Crippen LogP contribution >= 0.6 is 11.3 Å². The Morgan fingerprint density at radius 3 is 2.68 bits per heavy atom. The maximum Gasteiger partial charge on any atom is 0.161 e. The summed E-state index contributed by atoms with van der Waals surface area (Å²) < 4.78 is 0. The van der Waals surface area contributed by atoms with Crippen molar-refractivity contribution in [3.05, 3.63) is 69.6 Å². The molecule has 5 rings (SSSR count). The number of fused-ring (bicyclic) bond motifs is 1. The molecule has 0 amide bonds. The molecule has 1 aromatic carbocycles. The van der Waals surface area contributed by atoms with Gasteiger partial charge in [-0.2, -0.15) is 0 Å². The summed E-state index contributed by atoms with van der Waals surface area (Å²) in [5.74, 6) is 0.743. The molecular formula is C20H21N3OS. The van der Waals surface area contributed by atoms with Crippen LogP contribution in [0.1, 0.15) is 41.7 Å². The summed E-state index contributed by atoms with van der Waals surface area (Å²) in [6.45, 7) is 0. The van der Waals surface area contributed by atoms with E-state index in [1.165, 1.54) is 10.4 Å². The lowest BCUT2D eigenvalue weighted by molar-refractivity contribution is -0.116. The second kappa shape index (κ2) is 6.09. The molecule has 5 heteroatoms. The zero-order valence-corrected chi connectivity index (χ0v) is 14.7. The smallest absolute Gasteiger partial charge is 0.161 e. The number of hydrazine groups is 1. The molecule has 4 nitrogen and oxygen atoms in total. The van der Waals surface area contributed by atoms with E-state index in [2.05, 4.69) is 57.9 Å². The van der Waals surface area contributed by atoms with Gasteiger partial charge in [0, 0.05) is 34.4 Å². The fraction of sp³-hybridized carbons (Fsp3) is 0.350. The predicted molar refractivity (Wildman–Crippen MR) is 98.8 cm³/mol. The van der Waals surface area contributed by atoms with Crippen LogP contribution in [0.25, 0.3) is 0 Å². The van der Waals surface area contributed by atoms with E-state index in [1.807, 2.05) is 6.07 Å². The summed E-state index contributed by atoms with van der Waals surface area (Å²) in [5.41, 5.74) is 10.4. The van der Waals surface area contributed by atoms with E-state index in [-0.39, 0.29) is 24.0 Å². The van der Waals surface area contributed by atoms with Crippen molar-refractivity contribution in [2.45, 2.75) is 37.4 Å².